The van der Waals surface area contributed by atoms with Crippen LogP contribution in [0, 0.1) is 27.7 Å². The number of aromatic hydroxyl groups is 1. The Labute approximate surface area is 114 Å². The number of nitrogens with one attached hydrogen (secondary N) is 1. The Kier molecular flexibility index (Phi) is 4.13. The lowest BCUT2D eigenvalue weighted by Gasteiger charge is -2.22. The molecule has 1 aromatic carbocycles. The van der Waals surface area contributed by atoms with Gasteiger partial charge < -0.3 is 9.84 Å². The number of phenols is 1. The Bertz CT molecular complexity index is 484. The van der Waals surface area contributed by atoms with Crippen LogP contribution >= 0.6 is 0 Å². The SMILES string of the molecule is Cc1c(C)c(C)c(NC(=O)OC(C)(C)C)c(O)c1C. The van der Waals surface area contributed by atoms with Gasteiger partial charge in [-0.3, -0.25) is 5.32 Å². The normalized spacial score (nSPS) is 11.3. The molecule has 0 aliphatic rings. The minimum atomic E-state index is -0.567. The fourth-order valence-electron chi connectivity index (χ4n) is 1.85. The molecule has 1 aromatic rings. The lowest BCUT2D eigenvalue weighted by Crippen LogP contribution is -2.27. The Hall–Kier alpha value is -1.71. The number of hydrogen-bond acceptors (Lipinski definition) is 3. The fourth-order valence-corrected chi connectivity index (χ4v) is 1.85. The quantitative estimate of drug-likeness (QED) is 0.755. The van der Waals surface area contributed by atoms with Crippen LogP contribution in [0.2, 0.25) is 0 Å². The first-order valence-corrected chi connectivity index (χ1v) is 6.34. The number of hydrogen-bond donors (Lipinski definition) is 2. The highest BCUT2D eigenvalue weighted by Gasteiger charge is 2.20. The van der Waals surface area contributed by atoms with Gasteiger partial charge in [-0.05, 0) is 70.7 Å². The zero-order valence-corrected chi connectivity index (χ0v) is 12.8. The molecule has 0 fully saturated rings. The highest BCUT2D eigenvalue weighted by Crippen LogP contribution is 2.36. The third-order valence-electron chi connectivity index (χ3n) is 3.28. The largest absolute Gasteiger partial charge is 0.505 e. The molecule has 0 radical (unpaired) electrons. The van der Waals surface area contributed by atoms with Crippen LogP contribution in [0.3, 0.4) is 0 Å². The molecule has 0 unspecified atom stereocenters. The van der Waals surface area contributed by atoms with Crippen molar-refractivity contribution in [2.45, 2.75) is 54.1 Å². The van der Waals surface area contributed by atoms with Gasteiger partial charge in [0.2, 0.25) is 0 Å². The first-order valence-electron chi connectivity index (χ1n) is 6.34. The van der Waals surface area contributed by atoms with E-state index >= 15 is 0 Å². The molecule has 0 bridgehead atoms. The number of benzene rings is 1. The zero-order valence-electron chi connectivity index (χ0n) is 12.8. The average molecular weight is 265 g/mol. The zero-order chi connectivity index (χ0) is 15.0. The van der Waals surface area contributed by atoms with Crippen LogP contribution in [0.4, 0.5) is 10.5 Å². The number of amides is 1. The molecular formula is C15H23NO3. The van der Waals surface area contributed by atoms with Crippen molar-refractivity contribution < 1.29 is 14.6 Å². The van der Waals surface area contributed by atoms with Crippen molar-refractivity contribution in [2.24, 2.45) is 0 Å². The van der Waals surface area contributed by atoms with E-state index in [2.05, 4.69) is 5.32 Å². The molecule has 4 nitrogen and oxygen atoms in total. The average Bonchev–Trinajstić information content (AvgIpc) is 2.27. The van der Waals surface area contributed by atoms with Crippen LogP contribution in [0.5, 0.6) is 5.75 Å². The fraction of sp³-hybridized carbons (Fsp3) is 0.533. The second-order valence-corrected chi connectivity index (χ2v) is 5.85. The highest BCUT2D eigenvalue weighted by atomic mass is 16.6. The van der Waals surface area contributed by atoms with Gasteiger partial charge in [0.25, 0.3) is 0 Å². The van der Waals surface area contributed by atoms with Crippen molar-refractivity contribution in [2.75, 3.05) is 5.32 Å². The summed E-state index contributed by atoms with van der Waals surface area (Å²) in [6, 6.07) is 0. The molecule has 0 aliphatic heterocycles. The van der Waals surface area contributed by atoms with Crippen LogP contribution < -0.4 is 5.32 Å². The predicted octanol–water partition coefficient (Wildman–Crippen LogP) is 3.97. The minimum absolute atomic E-state index is 0.103. The third kappa shape index (κ3) is 3.40. The molecule has 1 rings (SSSR count). The third-order valence-corrected chi connectivity index (χ3v) is 3.28. The van der Waals surface area contributed by atoms with Crippen LogP contribution in [0.25, 0.3) is 0 Å². The minimum Gasteiger partial charge on any atom is -0.505 e. The number of rotatable bonds is 1. The number of phenolic OH excluding ortho intramolecular Hbond substituents is 1. The molecular weight excluding hydrogens is 242 g/mol. The number of carbonyl (C=O) groups excluding carboxylic acids is 1. The van der Waals surface area contributed by atoms with Crippen molar-refractivity contribution in [3.63, 3.8) is 0 Å². The van der Waals surface area contributed by atoms with E-state index in [9.17, 15) is 9.90 Å². The van der Waals surface area contributed by atoms with Gasteiger partial charge in [-0.25, -0.2) is 4.79 Å². The molecule has 0 spiro atoms. The number of anilines is 1. The molecule has 4 heteroatoms. The van der Waals surface area contributed by atoms with Gasteiger partial charge in [-0.2, -0.15) is 0 Å². The van der Waals surface area contributed by atoms with E-state index in [-0.39, 0.29) is 5.75 Å². The second kappa shape index (κ2) is 5.11. The van der Waals surface area contributed by atoms with Gasteiger partial charge in [0, 0.05) is 0 Å². The van der Waals surface area contributed by atoms with Gasteiger partial charge in [0.05, 0.1) is 5.69 Å². The predicted molar refractivity (Wildman–Crippen MR) is 76.9 cm³/mol. The first kappa shape index (κ1) is 15.3. The van der Waals surface area contributed by atoms with Gasteiger partial charge in [0.1, 0.15) is 11.4 Å². The van der Waals surface area contributed by atoms with Crippen LogP contribution in [-0.4, -0.2) is 16.8 Å². The summed E-state index contributed by atoms with van der Waals surface area (Å²) in [6.07, 6.45) is -0.562. The molecule has 0 aliphatic carbocycles. The van der Waals surface area contributed by atoms with Crippen molar-refractivity contribution in [3.8, 4) is 5.75 Å². The summed E-state index contributed by atoms with van der Waals surface area (Å²) in [5.41, 5.74) is 3.57. The summed E-state index contributed by atoms with van der Waals surface area (Å²) in [4.78, 5) is 11.8. The molecule has 19 heavy (non-hydrogen) atoms. The van der Waals surface area contributed by atoms with Crippen LogP contribution in [0.1, 0.15) is 43.0 Å². The Morgan fingerprint density at radius 2 is 1.47 bits per heavy atom. The van der Waals surface area contributed by atoms with E-state index in [0.29, 0.717) is 5.69 Å². The molecule has 2 N–H and O–H groups in total. The van der Waals surface area contributed by atoms with E-state index in [1.807, 2.05) is 27.7 Å². The van der Waals surface area contributed by atoms with E-state index < -0.39 is 11.7 Å². The Morgan fingerprint density at radius 3 is 1.95 bits per heavy atom. The Morgan fingerprint density at radius 1 is 1.00 bits per heavy atom. The highest BCUT2D eigenvalue weighted by molar-refractivity contribution is 5.89. The lowest BCUT2D eigenvalue weighted by molar-refractivity contribution is 0.0635. The lowest BCUT2D eigenvalue weighted by atomic mass is 9.96. The van der Waals surface area contributed by atoms with Crippen LogP contribution in [0.15, 0.2) is 0 Å². The van der Waals surface area contributed by atoms with E-state index in [0.717, 1.165) is 22.3 Å². The molecule has 0 saturated carbocycles. The van der Waals surface area contributed by atoms with Gasteiger partial charge in [0.15, 0.2) is 0 Å². The Balaban J connectivity index is 3.13. The van der Waals surface area contributed by atoms with Crippen molar-refractivity contribution >= 4 is 11.8 Å². The summed E-state index contributed by atoms with van der Waals surface area (Å²) in [5.74, 6) is 0.103. The summed E-state index contributed by atoms with van der Waals surface area (Å²) >= 11 is 0. The van der Waals surface area contributed by atoms with Gasteiger partial charge >= 0.3 is 6.09 Å². The first-order chi connectivity index (χ1) is 8.54. The summed E-state index contributed by atoms with van der Waals surface area (Å²) < 4.78 is 5.20. The van der Waals surface area contributed by atoms with Crippen molar-refractivity contribution in [1.82, 2.24) is 0 Å². The second-order valence-electron chi connectivity index (χ2n) is 5.85. The van der Waals surface area contributed by atoms with E-state index in [1.54, 1.807) is 20.8 Å². The summed E-state index contributed by atoms with van der Waals surface area (Å²) in [5, 5.41) is 12.8. The topological polar surface area (TPSA) is 58.6 Å². The maximum atomic E-state index is 11.8. The maximum Gasteiger partial charge on any atom is 0.412 e. The summed E-state index contributed by atoms with van der Waals surface area (Å²) in [6.45, 7) is 13.0. The standard InChI is InChI=1S/C15H23NO3/c1-8-9(2)11(4)13(17)12(10(8)3)16-14(18)19-15(5,6)7/h17H,1-7H3,(H,16,18). The molecule has 0 aromatic heterocycles. The molecule has 0 heterocycles. The van der Waals surface area contributed by atoms with Crippen molar-refractivity contribution in [3.05, 3.63) is 22.3 Å². The van der Waals surface area contributed by atoms with E-state index in [4.69, 9.17) is 4.74 Å². The van der Waals surface area contributed by atoms with Crippen LogP contribution in [-0.2, 0) is 4.74 Å². The summed E-state index contributed by atoms with van der Waals surface area (Å²) in [7, 11) is 0. The van der Waals surface area contributed by atoms with E-state index in [1.165, 1.54) is 0 Å². The monoisotopic (exact) mass is 265 g/mol. The number of ether oxygens (including phenoxy) is 1. The molecule has 1 amide bonds. The van der Waals surface area contributed by atoms with Crippen molar-refractivity contribution in [1.29, 1.82) is 0 Å². The van der Waals surface area contributed by atoms with Gasteiger partial charge in [-0.1, -0.05) is 0 Å². The molecule has 0 saturated heterocycles. The molecule has 0 atom stereocenters. The maximum absolute atomic E-state index is 11.8. The smallest absolute Gasteiger partial charge is 0.412 e. The number of carbonyl (C=O) groups is 1. The van der Waals surface area contributed by atoms with Gasteiger partial charge in [-0.15, -0.1) is 0 Å². The molecule has 106 valence electrons.